The van der Waals surface area contributed by atoms with Gasteiger partial charge in [0.2, 0.25) is 15.9 Å². The Labute approximate surface area is 204 Å². The number of nitrogens with zero attached hydrogens (tertiary/aromatic N) is 2. The SMILES string of the molecule is CCCCC1CN(C2CCC(F)CC2)c2cc(SC)c(O/C=C(\F)C(=O)O)cc2S(=O)(=O)N1C. The van der Waals surface area contributed by atoms with E-state index in [1.807, 2.05) is 0 Å². The fourth-order valence-electron chi connectivity index (χ4n) is 4.58. The van der Waals surface area contributed by atoms with Crippen LogP contribution in [0.4, 0.5) is 14.5 Å². The molecule has 1 aliphatic carbocycles. The van der Waals surface area contributed by atoms with Gasteiger partial charge in [-0.1, -0.05) is 19.8 Å². The quantitative estimate of drug-likeness (QED) is 0.296. The van der Waals surface area contributed by atoms with Crippen molar-refractivity contribution >= 4 is 33.4 Å². The first-order chi connectivity index (χ1) is 16.1. The largest absolute Gasteiger partial charge is 0.476 e. The van der Waals surface area contributed by atoms with E-state index in [0.717, 1.165) is 12.8 Å². The normalized spacial score (nSPS) is 25.5. The van der Waals surface area contributed by atoms with Crippen molar-refractivity contribution in [2.24, 2.45) is 0 Å². The number of alkyl halides is 1. The summed E-state index contributed by atoms with van der Waals surface area (Å²) in [5.41, 5.74) is 0.521. The smallest absolute Gasteiger partial charge is 0.368 e. The average molecular weight is 519 g/mol. The van der Waals surface area contributed by atoms with E-state index in [1.54, 1.807) is 19.4 Å². The number of fused-ring (bicyclic) bond motifs is 1. The highest BCUT2D eigenvalue weighted by atomic mass is 32.2. The van der Waals surface area contributed by atoms with Crippen molar-refractivity contribution in [1.82, 2.24) is 4.31 Å². The predicted molar refractivity (Wildman–Crippen MR) is 128 cm³/mol. The number of thioether (sulfide) groups is 1. The summed E-state index contributed by atoms with van der Waals surface area (Å²) in [7, 11) is -2.36. The van der Waals surface area contributed by atoms with E-state index in [-0.39, 0.29) is 22.7 Å². The van der Waals surface area contributed by atoms with E-state index in [4.69, 9.17) is 9.84 Å². The Hall–Kier alpha value is -1.85. The number of halogens is 2. The Morgan fingerprint density at radius 1 is 1.29 bits per heavy atom. The average Bonchev–Trinajstić information content (AvgIpc) is 2.89. The second-order valence-corrected chi connectivity index (χ2v) is 11.5. The second-order valence-electron chi connectivity index (χ2n) is 8.74. The molecule has 11 heteroatoms. The van der Waals surface area contributed by atoms with Gasteiger partial charge < -0.3 is 14.7 Å². The zero-order valence-corrected chi connectivity index (χ0v) is 21.3. The minimum atomic E-state index is -3.92. The zero-order chi connectivity index (χ0) is 25.0. The second kappa shape index (κ2) is 11.3. The predicted octanol–water partition coefficient (Wildman–Crippen LogP) is 4.96. The molecule has 0 radical (unpaired) electrons. The van der Waals surface area contributed by atoms with Crippen LogP contribution in [0.15, 0.2) is 34.0 Å². The number of aliphatic carboxylic acids is 1. The number of hydrogen-bond donors (Lipinski definition) is 1. The molecule has 1 unspecified atom stereocenters. The lowest BCUT2D eigenvalue weighted by Crippen LogP contribution is -2.46. The molecule has 1 aliphatic heterocycles. The first-order valence-electron chi connectivity index (χ1n) is 11.5. The molecular weight excluding hydrogens is 486 g/mol. The Morgan fingerprint density at radius 2 is 1.97 bits per heavy atom. The molecule has 1 N–H and O–H groups in total. The summed E-state index contributed by atoms with van der Waals surface area (Å²) < 4.78 is 61.4. The standard InChI is InChI=1S/C23H32F2N2O5S2/c1-4-5-6-17-13-27(16-9-7-15(24)8-10-16)19-11-21(33-3)20(32-14-18(25)23(28)29)12-22(19)34(30,31)26(17)2/h11-12,14-17H,4-10,13H2,1-3H3,(H,28,29)/b18-14-. The number of benzene rings is 1. The maximum atomic E-state index is 13.9. The van der Waals surface area contributed by atoms with Crippen LogP contribution >= 0.6 is 11.8 Å². The Bertz CT molecular complexity index is 1030. The lowest BCUT2D eigenvalue weighted by atomic mass is 9.91. The summed E-state index contributed by atoms with van der Waals surface area (Å²) in [5.74, 6) is -3.22. The van der Waals surface area contributed by atoms with Gasteiger partial charge in [-0.15, -0.1) is 11.8 Å². The van der Waals surface area contributed by atoms with Crippen molar-refractivity contribution in [2.75, 3.05) is 24.7 Å². The van der Waals surface area contributed by atoms with Crippen LogP contribution in [0.2, 0.25) is 0 Å². The number of carboxylic acids is 1. The third-order valence-corrected chi connectivity index (χ3v) is 9.28. The highest BCUT2D eigenvalue weighted by Crippen LogP contribution is 2.43. The first kappa shape index (κ1) is 26.7. The van der Waals surface area contributed by atoms with Crippen LogP contribution in [0.1, 0.15) is 51.9 Å². The number of anilines is 1. The van der Waals surface area contributed by atoms with Gasteiger partial charge in [-0.2, -0.15) is 8.70 Å². The van der Waals surface area contributed by atoms with Crippen LogP contribution in [0.5, 0.6) is 5.75 Å². The number of ether oxygens (including phenoxy) is 1. The lowest BCUT2D eigenvalue weighted by Gasteiger charge is -2.38. The number of carbonyl (C=O) groups is 1. The molecule has 0 amide bonds. The summed E-state index contributed by atoms with van der Waals surface area (Å²) >= 11 is 1.28. The van der Waals surface area contributed by atoms with Gasteiger partial charge in [-0.3, -0.25) is 0 Å². The highest BCUT2D eigenvalue weighted by molar-refractivity contribution is 7.98. The Kier molecular flexibility index (Phi) is 8.86. The Morgan fingerprint density at radius 3 is 2.56 bits per heavy atom. The molecule has 0 bridgehead atoms. The molecule has 1 heterocycles. The van der Waals surface area contributed by atoms with Crippen molar-refractivity contribution in [3.63, 3.8) is 0 Å². The summed E-state index contributed by atoms with van der Waals surface area (Å²) in [4.78, 5) is 13.5. The third-order valence-electron chi connectivity index (χ3n) is 6.58. The Balaban J connectivity index is 2.13. The van der Waals surface area contributed by atoms with Gasteiger partial charge in [-0.25, -0.2) is 17.6 Å². The van der Waals surface area contributed by atoms with Crippen LogP contribution < -0.4 is 9.64 Å². The van der Waals surface area contributed by atoms with E-state index in [0.29, 0.717) is 55.5 Å². The molecule has 2 aliphatic rings. The van der Waals surface area contributed by atoms with Gasteiger partial charge in [0, 0.05) is 31.7 Å². The number of rotatable bonds is 8. The van der Waals surface area contributed by atoms with Crippen LogP contribution in [0.25, 0.3) is 0 Å². The van der Waals surface area contributed by atoms with E-state index in [2.05, 4.69) is 11.8 Å². The van der Waals surface area contributed by atoms with Gasteiger partial charge in [0.25, 0.3) is 0 Å². The molecule has 1 aromatic carbocycles. The minimum absolute atomic E-state index is 0.00222. The fraction of sp³-hybridized carbons (Fsp3) is 0.609. The third kappa shape index (κ3) is 5.68. The van der Waals surface area contributed by atoms with Gasteiger partial charge >= 0.3 is 5.97 Å². The van der Waals surface area contributed by atoms with E-state index in [9.17, 15) is 22.0 Å². The number of unbranched alkanes of at least 4 members (excludes halogenated alkanes) is 1. The monoisotopic (exact) mass is 518 g/mol. The van der Waals surface area contributed by atoms with E-state index in [1.165, 1.54) is 22.1 Å². The number of sulfonamides is 1. The van der Waals surface area contributed by atoms with E-state index >= 15 is 0 Å². The van der Waals surface area contributed by atoms with Crippen LogP contribution in [-0.2, 0) is 14.8 Å². The molecule has 0 saturated heterocycles. The highest BCUT2D eigenvalue weighted by Gasteiger charge is 2.40. The maximum absolute atomic E-state index is 13.9. The van der Waals surface area contributed by atoms with Gasteiger partial charge in [0.1, 0.15) is 23.1 Å². The molecule has 3 rings (SSSR count). The topological polar surface area (TPSA) is 87.1 Å². The van der Waals surface area contributed by atoms with Crippen LogP contribution in [0, 0.1) is 0 Å². The number of hydrogen-bond acceptors (Lipinski definition) is 6. The molecule has 0 spiro atoms. The van der Waals surface area contributed by atoms with Gasteiger partial charge in [0.15, 0.2) is 0 Å². The van der Waals surface area contributed by atoms with Gasteiger partial charge in [0.05, 0.1) is 10.6 Å². The molecule has 190 valence electrons. The molecule has 0 aromatic heterocycles. The van der Waals surface area contributed by atoms with Crippen molar-refractivity contribution in [3.05, 3.63) is 24.2 Å². The fourth-order valence-corrected chi connectivity index (χ4v) is 6.69. The molecule has 1 aromatic rings. The van der Waals surface area contributed by atoms with Crippen molar-refractivity contribution in [3.8, 4) is 5.75 Å². The van der Waals surface area contributed by atoms with Crippen molar-refractivity contribution in [1.29, 1.82) is 0 Å². The minimum Gasteiger partial charge on any atom is -0.476 e. The maximum Gasteiger partial charge on any atom is 0.368 e. The molecule has 1 atom stereocenters. The van der Waals surface area contributed by atoms with Crippen LogP contribution in [0.3, 0.4) is 0 Å². The summed E-state index contributed by atoms with van der Waals surface area (Å²) in [6.07, 6.45) is 6.03. The van der Waals surface area contributed by atoms with Crippen molar-refractivity contribution in [2.45, 2.75) is 79.9 Å². The molecule has 34 heavy (non-hydrogen) atoms. The molecular formula is C23H32F2N2O5S2. The number of carboxylic acid groups (broad SMARTS) is 1. The lowest BCUT2D eigenvalue weighted by molar-refractivity contribution is -0.134. The summed E-state index contributed by atoms with van der Waals surface area (Å²) in [6, 6.07) is 2.79. The first-order valence-corrected chi connectivity index (χ1v) is 14.1. The molecule has 1 saturated carbocycles. The molecule has 7 nitrogen and oxygen atoms in total. The van der Waals surface area contributed by atoms with Crippen LogP contribution in [-0.4, -0.2) is 61.9 Å². The summed E-state index contributed by atoms with van der Waals surface area (Å²) in [6.45, 7) is 2.55. The zero-order valence-electron chi connectivity index (χ0n) is 19.7. The molecule has 1 fully saturated rings. The van der Waals surface area contributed by atoms with Crippen molar-refractivity contribution < 1.29 is 31.8 Å². The van der Waals surface area contributed by atoms with E-state index < -0.39 is 28.0 Å². The number of likely N-dealkylation sites (N-methyl/N-ethyl adjacent to an activating group) is 1. The summed E-state index contributed by atoms with van der Waals surface area (Å²) in [5, 5.41) is 8.77. The van der Waals surface area contributed by atoms with Gasteiger partial charge in [-0.05, 0) is 44.4 Å².